The molecule has 18 heavy (non-hydrogen) atoms. The summed E-state index contributed by atoms with van der Waals surface area (Å²) in [7, 11) is 3.55. The average Bonchev–Trinajstić information content (AvgIpc) is 2.85. The van der Waals surface area contributed by atoms with Crippen molar-refractivity contribution in [1.29, 1.82) is 0 Å². The van der Waals surface area contributed by atoms with Crippen molar-refractivity contribution in [3.8, 4) is 5.69 Å². The van der Waals surface area contributed by atoms with Crippen LogP contribution in [0.15, 0.2) is 42.7 Å². The standard InChI is InChI=1S/C14H17N3O/c1-16(2)14(18)9-8-12-10-15-17(11-12)13-6-4-3-5-7-13/h3-7,10-11H,8-9H2,1-2H3. The maximum Gasteiger partial charge on any atom is 0.222 e. The molecule has 0 spiro atoms. The van der Waals surface area contributed by atoms with E-state index in [-0.39, 0.29) is 5.91 Å². The van der Waals surface area contributed by atoms with E-state index < -0.39 is 0 Å². The molecule has 0 bridgehead atoms. The van der Waals surface area contributed by atoms with Gasteiger partial charge in [-0.2, -0.15) is 5.10 Å². The molecule has 0 aliphatic heterocycles. The van der Waals surface area contributed by atoms with Gasteiger partial charge in [-0.15, -0.1) is 0 Å². The molecule has 1 heterocycles. The molecule has 2 rings (SSSR count). The molecule has 0 fully saturated rings. The molecule has 1 aromatic heterocycles. The molecule has 1 aromatic carbocycles. The van der Waals surface area contributed by atoms with Crippen molar-refractivity contribution in [2.45, 2.75) is 12.8 Å². The number of nitrogens with zero attached hydrogens (tertiary/aromatic N) is 3. The lowest BCUT2D eigenvalue weighted by molar-refractivity contribution is -0.128. The Morgan fingerprint density at radius 1 is 1.28 bits per heavy atom. The number of rotatable bonds is 4. The lowest BCUT2D eigenvalue weighted by atomic mass is 10.2. The first-order chi connectivity index (χ1) is 8.66. The quantitative estimate of drug-likeness (QED) is 0.822. The number of aryl methyl sites for hydroxylation is 1. The van der Waals surface area contributed by atoms with Crippen molar-refractivity contribution in [2.24, 2.45) is 0 Å². The van der Waals surface area contributed by atoms with E-state index in [1.165, 1.54) is 0 Å². The van der Waals surface area contributed by atoms with Crippen molar-refractivity contribution in [2.75, 3.05) is 14.1 Å². The van der Waals surface area contributed by atoms with Crippen LogP contribution in [0.25, 0.3) is 5.69 Å². The highest BCUT2D eigenvalue weighted by atomic mass is 16.2. The van der Waals surface area contributed by atoms with E-state index in [0.29, 0.717) is 6.42 Å². The predicted molar refractivity (Wildman–Crippen MR) is 70.6 cm³/mol. The van der Waals surface area contributed by atoms with E-state index in [2.05, 4.69) is 5.10 Å². The molecule has 0 aliphatic rings. The zero-order chi connectivity index (χ0) is 13.0. The molecule has 0 unspecified atom stereocenters. The number of carbonyl (C=O) groups excluding carboxylic acids is 1. The second kappa shape index (κ2) is 5.49. The summed E-state index contributed by atoms with van der Waals surface area (Å²) in [4.78, 5) is 13.1. The molecule has 0 saturated carbocycles. The normalized spacial score (nSPS) is 10.3. The van der Waals surface area contributed by atoms with Gasteiger partial charge in [-0.1, -0.05) is 18.2 Å². The summed E-state index contributed by atoms with van der Waals surface area (Å²) in [5.41, 5.74) is 2.11. The van der Waals surface area contributed by atoms with Gasteiger partial charge in [0.15, 0.2) is 0 Å². The second-order valence-electron chi connectivity index (χ2n) is 4.42. The fourth-order valence-electron chi connectivity index (χ4n) is 1.69. The molecular weight excluding hydrogens is 226 g/mol. The minimum absolute atomic E-state index is 0.141. The van der Waals surface area contributed by atoms with E-state index in [4.69, 9.17) is 0 Å². The van der Waals surface area contributed by atoms with Gasteiger partial charge in [0.2, 0.25) is 5.91 Å². The molecule has 2 aromatic rings. The van der Waals surface area contributed by atoms with Crippen molar-refractivity contribution >= 4 is 5.91 Å². The van der Waals surface area contributed by atoms with Crippen LogP contribution in [-0.2, 0) is 11.2 Å². The van der Waals surface area contributed by atoms with Crippen LogP contribution < -0.4 is 0 Å². The monoisotopic (exact) mass is 243 g/mol. The van der Waals surface area contributed by atoms with Gasteiger partial charge < -0.3 is 4.90 Å². The highest BCUT2D eigenvalue weighted by molar-refractivity contribution is 5.75. The van der Waals surface area contributed by atoms with Crippen molar-refractivity contribution in [3.63, 3.8) is 0 Å². The largest absolute Gasteiger partial charge is 0.349 e. The highest BCUT2D eigenvalue weighted by Crippen LogP contribution is 2.09. The number of para-hydroxylation sites is 1. The number of aromatic nitrogens is 2. The molecule has 4 heteroatoms. The fourth-order valence-corrected chi connectivity index (χ4v) is 1.69. The lowest BCUT2D eigenvalue weighted by Crippen LogP contribution is -2.21. The van der Waals surface area contributed by atoms with Crippen LogP contribution in [0.4, 0.5) is 0 Å². The van der Waals surface area contributed by atoms with Crippen molar-refractivity contribution < 1.29 is 4.79 Å². The van der Waals surface area contributed by atoms with E-state index >= 15 is 0 Å². The summed E-state index contributed by atoms with van der Waals surface area (Å²) in [6, 6.07) is 9.94. The third-order valence-electron chi connectivity index (χ3n) is 2.78. The van der Waals surface area contributed by atoms with Crippen molar-refractivity contribution in [3.05, 3.63) is 48.3 Å². The Hall–Kier alpha value is -2.10. The molecule has 1 amide bonds. The zero-order valence-corrected chi connectivity index (χ0v) is 10.7. The third-order valence-corrected chi connectivity index (χ3v) is 2.78. The Bertz CT molecular complexity index is 517. The van der Waals surface area contributed by atoms with Crippen LogP contribution in [0.3, 0.4) is 0 Å². The average molecular weight is 243 g/mol. The van der Waals surface area contributed by atoms with Gasteiger partial charge in [0.25, 0.3) is 0 Å². The third kappa shape index (κ3) is 2.97. The smallest absolute Gasteiger partial charge is 0.222 e. The second-order valence-corrected chi connectivity index (χ2v) is 4.42. The number of benzene rings is 1. The first kappa shape index (κ1) is 12.4. The van der Waals surface area contributed by atoms with E-state index in [9.17, 15) is 4.79 Å². The van der Waals surface area contributed by atoms with Gasteiger partial charge in [-0.25, -0.2) is 4.68 Å². The summed E-state index contributed by atoms with van der Waals surface area (Å²) in [5, 5.41) is 4.30. The molecule has 94 valence electrons. The van der Waals surface area contributed by atoms with E-state index in [1.807, 2.05) is 47.4 Å². The summed E-state index contributed by atoms with van der Waals surface area (Å²) in [6.45, 7) is 0. The number of hydrogen-bond acceptors (Lipinski definition) is 2. The van der Waals surface area contributed by atoms with Crippen molar-refractivity contribution in [1.82, 2.24) is 14.7 Å². The molecule has 4 nitrogen and oxygen atoms in total. The van der Waals surface area contributed by atoms with Gasteiger partial charge in [0, 0.05) is 26.7 Å². The number of amides is 1. The first-order valence-corrected chi connectivity index (χ1v) is 5.96. The van der Waals surface area contributed by atoms with Gasteiger partial charge in [-0.3, -0.25) is 4.79 Å². The summed E-state index contributed by atoms with van der Waals surface area (Å²) < 4.78 is 1.83. The van der Waals surface area contributed by atoms with Crippen LogP contribution in [0.1, 0.15) is 12.0 Å². The molecule has 0 saturated heterocycles. The summed E-state index contributed by atoms with van der Waals surface area (Å²) >= 11 is 0. The summed E-state index contributed by atoms with van der Waals surface area (Å²) in [6.07, 6.45) is 5.03. The Kier molecular flexibility index (Phi) is 3.77. The van der Waals surface area contributed by atoms with Crippen LogP contribution in [0.2, 0.25) is 0 Å². The van der Waals surface area contributed by atoms with E-state index in [0.717, 1.165) is 17.7 Å². The van der Waals surface area contributed by atoms with E-state index in [1.54, 1.807) is 19.0 Å². The highest BCUT2D eigenvalue weighted by Gasteiger charge is 2.06. The Morgan fingerprint density at radius 3 is 2.67 bits per heavy atom. The van der Waals surface area contributed by atoms with Gasteiger partial charge in [0.1, 0.15) is 0 Å². The molecule has 0 aliphatic carbocycles. The predicted octanol–water partition coefficient (Wildman–Crippen LogP) is 1.89. The van der Waals surface area contributed by atoms with Crippen LogP contribution in [0, 0.1) is 0 Å². The zero-order valence-electron chi connectivity index (χ0n) is 10.7. The van der Waals surface area contributed by atoms with Gasteiger partial charge >= 0.3 is 0 Å². The molecule has 0 atom stereocenters. The van der Waals surface area contributed by atoms with Gasteiger partial charge in [0.05, 0.1) is 11.9 Å². The maximum atomic E-state index is 11.5. The Morgan fingerprint density at radius 2 is 2.00 bits per heavy atom. The topological polar surface area (TPSA) is 38.1 Å². The first-order valence-electron chi connectivity index (χ1n) is 5.96. The SMILES string of the molecule is CN(C)C(=O)CCc1cnn(-c2ccccc2)c1. The fraction of sp³-hybridized carbons (Fsp3) is 0.286. The minimum Gasteiger partial charge on any atom is -0.349 e. The van der Waals surface area contributed by atoms with Gasteiger partial charge in [-0.05, 0) is 24.1 Å². The lowest BCUT2D eigenvalue weighted by Gasteiger charge is -2.08. The van der Waals surface area contributed by atoms with Crippen LogP contribution in [0.5, 0.6) is 0 Å². The molecule has 0 radical (unpaired) electrons. The molecular formula is C14H17N3O. The number of carbonyl (C=O) groups is 1. The summed E-state index contributed by atoms with van der Waals surface area (Å²) in [5.74, 6) is 0.141. The maximum absolute atomic E-state index is 11.5. The Labute approximate surface area is 107 Å². The van der Waals surface area contributed by atoms with Crippen LogP contribution in [-0.4, -0.2) is 34.7 Å². The van der Waals surface area contributed by atoms with Crippen LogP contribution >= 0.6 is 0 Å². The molecule has 0 N–H and O–H groups in total. The number of hydrogen-bond donors (Lipinski definition) is 0. The Balaban J connectivity index is 2.01. The minimum atomic E-state index is 0.141.